The number of hydrogen-bond acceptors (Lipinski definition) is 6. The molecule has 0 atom stereocenters. The number of hydrogen-bond donors (Lipinski definition) is 0. The number of nitrogens with zero attached hydrogens (tertiary/aromatic N) is 5. The molecule has 0 amide bonds. The van der Waals surface area contributed by atoms with E-state index in [0.29, 0.717) is 5.84 Å². The Morgan fingerprint density at radius 2 is 2.04 bits per heavy atom. The van der Waals surface area contributed by atoms with Crippen molar-refractivity contribution >= 4 is 45.3 Å². The van der Waals surface area contributed by atoms with E-state index in [2.05, 4.69) is 52.0 Å². The van der Waals surface area contributed by atoms with Crippen LogP contribution < -0.4 is 0 Å². The van der Waals surface area contributed by atoms with Crippen molar-refractivity contribution in [2.75, 3.05) is 7.05 Å². The van der Waals surface area contributed by atoms with Crippen LogP contribution in [-0.2, 0) is 0 Å². The fourth-order valence-corrected chi connectivity index (χ4v) is 4.25. The Bertz CT molecular complexity index is 1100. The molecular weight excluding hydrogens is 374 g/mol. The van der Waals surface area contributed by atoms with Gasteiger partial charge in [-0.3, -0.25) is 9.98 Å². The van der Waals surface area contributed by atoms with E-state index in [9.17, 15) is 0 Å². The van der Waals surface area contributed by atoms with Crippen molar-refractivity contribution in [3.8, 4) is 21.1 Å². The highest BCUT2D eigenvalue weighted by Crippen LogP contribution is 2.34. The second kappa shape index (κ2) is 8.57. The molecule has 0 aliphatic heterocycles. The zero-order valence-electron chi connectivity index (χ0n) is 14.8. The molecule has 0 unspecified atom stereocenters. The average Bonchev–Trinajstić information content (AvgIpc) is 3.40. The third-order valence-corrected chi connectivity index (χ3v) is 5.68. The molecule has 0 N–H and O–H groups in total. The number of aromatic nitrogens is 3. The Hall–Kier alpha value is -3.03. The summed E-state index contributed by atoms with van der Waals surface area (Å²) in [5, 5.41) is 4.08. The fourth-order valence-electron chi connectivity index (χ4n) is 2.52. The lowest BCUT2D eigenvalue weighted by molar-refractivity contribution is 1.29. The SMILES string of the molecule is C=C.C=NC(=NC)c1nc(-c2cnc(-c3cccnc3)s2)cc2ccsc12. The smallest absolute Gasteiger partial charge is 0.174 e. The van der Waals surface area contributed by atoms with Crippen molar-refractivity contribution in [1.82, 2.24) is 15.0 Å². The Morgan fingerprint density at radius 1 is 1.19 bits per heavy atom. The van der Waals surface area contributed by atoms with Gasteiger partial charge >= 0.3 is 0 Å². The van der Waals surface area contributed by atoms with Crippen molar-refractivity contribution in [2.24, 2.45) is 9.98 Å². The van der Waals surface area contributed by atoms with E-state index in [-0.39, 0.29) is 0 Å². The molecule has 4 heterocycles. The Kier molecular flexibility index (Phi) is 5.95. The second-order valence-corrected chi connectivity index (χ2v) is 7.12. The van der Waals surface area contributed by atoms with Gasteiger partial charge in [0, 0.05) is 31.2 Å². The standard InChI is InChI=1S/C18H13N5S2.C2H4/c1-19-17(20-2)15-16-11(5-7-24-16)8-13(23-15)14-10-22-18(25-14)12-4-3-6-21-9-12;1-2/h3-10H,1H2,2H3;1-2H2. The number of pyridine rings is 2. The van der Waals surface area contributed by atoms with Crippen LogP contribution in [0.5, 0.6) is 0 Å². The summed E-state index contributed by atoms with van der Waals surface area (Å²) in [4.78, 5) is 22.7. The Labute approximate surface area is 165 Å². The van der Waals surface area contributed by atoms with Crippen LogP contribution in [0.25, 0.3) is 31.2 Å². The lowest BCUT2D eigenvalue weighted by atomic mass is 10.2. The van der Waals surface area contributed by atoms with Gasteiger partial charge in [0.05, 0.1) is 15.3 Å². The second-order valence-electron chi connectivity index (χ2n) is 5.17. The molecule has 4 aromatic heterocycles. The molecule has 0 radical (unpaired) electrons. The Balaban J connectivity index is 0.00000102. The number of thiazole rings is 1. The van der Waals surface area contributed by atoms with Crippen LogP contribution in [0.15, 0.2) is 71.4 Å². The summed E-state index contributed by atoms with van der Waals surface area (Å²) in [6.45, 7) is 9.61. The van der Waals surface area contributed by atoms with Gasteiger partial charge in [-0.15, -0.1) is 35.8 Å². The maximum Gasteiger partial charge on any atom is 0.174 e. The molecule has 0 bridgehead atoms. The van der Waals surface area contributed by atoms with Gasteiger partial charge < -0.3 is 0 Å². The molecule has 7 heteroatoms. The molecule has 0 saturated heterocycles. The summed E-state index contributed by atoms with van der Waals surface area (Å²) in [7, 11) is 1.70. The molecule has 134 valence electrons. The Morgan fingerprint density at radius 3 is 2.74 bits per heavy atom. The fraction of sp³-hybridized carbons (Fsp3) is 0.0500. The number of fused-ring (bicyclic) bond motifs is 1. The minimum atomic E-state index is 0.547. The molecule has 0 fully saturated rings. The predicted molar refractivity (Wildman–Crippen MR) is 117 cm³/mol. The first-order chi connectivity index (χ1) is 13.3. The number of amidine groups is 1. The number of thiophene rings is 1. The predicted octanol–water partition coefficient (Wildman–Crippen LogP) is 5.36. The molecule has 4 rings (SSSR count). The highest BCUT2D eigenvalue weighted by molar-refractivity contribution is 7.18. The van der Waals surface area contributed by atoms with Crippen LogP contribution in [0.2, 0.25) is 0 Å². The van der Waals surface area contributed by atoms with E-state index in [1.165, 1.54) is 0 Å². The van der Waals surface area contributed by atoms with Gasteiger partial charge in [-0.25, -0.2) is 15.0 Å². The monoisotopic (exact) mass is 391 g/mol. The molecular formula is C20H17N5S2. The van der Waals surface area contributed by atoms with Crippen LogP contribution in [0, 0.1) is 0 Å². The molecule has 5 nitrogen and oxygen atoms in total. The normalized spacial score (nSPS) is 11.1. The largest absolute Gasteiger partial charge is 0.268 e. The summed E-state index contributed by atoms with van der Waals surface area (Å²) >= 11 is 3.22. The molecule has 4 aromatic rings. The van der Waals surface area contributed by atoms with Crippen molar-refractivity contribution < 1.29 is 0 Å². The third-order valence-electron chi connectivity index (χ3n) is 3.68. The average molecular weight is 392 g/mol. The first-order valence-electron chi connectivity index (χ1n) is 7.99. The number of rotatable bonds is 3. The first kappa shape index (κ1) is 18.8. The van der Waals surface area contributed by atoms with Gasteiger partial charge in [-0.2, -0.15) is 0 Å². The van der Waals surface area contributed by atoms with Crippen LogP contribution >= 0.6 is 22.7 Å². The molecule has 27 heavy (non-hydrogen) atoms. The van der Waals surface area contributed by atoms with Crippen LogP contribution in [0.4, 0.5) is 0 Å². The van der Waals surface area contributed by atoms with Gasteiger partial charge in [-0.05, 0) is 41.7 Å². The summed E-state index contributed by atoms with van der Waals surface area (Å²) < 4.78 is 1.06. The first-order valence-corrected chi connectivity index (χ1v) is 9.68. The maximum atomic E-state index is 4.79. The maximum absolute atomic E-state index is 4.79. The highest BCUT2D eigenvalue weighted by Gasteiger charge is 2.15. The lowest BCUT2D eigenvalue weighted by Gasteiger charge is -2.04. The molecule has 0 aliphatic rings. The molecule has 0 aliphatic carbocycles. The minimum Gasteiger partial charge on any atom is -0.268 e. The van der Waals surface area contributed by atoms with E-state index >= 15 is 0 Å². The van der Waals surface area contributed by atoms with E-state index in [1.807, 2.05) is 29.9 Å². The van der Waals surface area contributed by atoms with Crippen molar-refractivity contribution in [3.05, 3.63) is 67.1 Å². The number of aliphatic imine (C=N–C) groups is 2. The molecule has 0 spiro atoms. The zero-order chi connectivity index (χ0) is 19.2. The summed E-state index contributed by atoms with van der Waals surface area (Å²) in [6, 6.07) is 8.06. The van der Waals surface area contributed by atoms with E-state index in [4.69, 9.17) is 4.98 Å². The summed E-state index contributed by atoms with van der Waals surface area (Å²) in [6.07, 6.45) is 5.42. The van der Waals surface area contributed by atoms with Crippen LogP contribution in [0.3, 0.4) is 0 Å². The van der Waals surface area contributed by atoms with Crippen LogP contribution in [0.1, 0.15) is 5.69 Å². The van der Waals surface area contributed by atoms with Gasteiger partial charge in [0.25, 0.3) is 0 Å². The van der Waals surface area contributed by atoms with Gasteiger partial charge in [0.1, 0.15) is 10.7 Å². The summed E-state index contributed by atoms with van der Waals surface area (Å²) in [5.41, 5.74) is 2.62. The molecule has 0 aromatic carbocycles. The quantitative estimate of drug-likeness (QED) is 0.268. The lowest BCUT2D eigenvalue weighted by Crippen LogP contribution is -2.01. The van der Waals surface area contributed by atoms with E-state index in [1.54, 1.807) is 35.9 Å². The minimum absolute atomic E-state index is 0.547. The van der Waals surface area contributed by atoms with Crippen molar-refractivity contribution in [1.29, 1.82) is 0 Å². The van der Waals surface area contributed by atoms with Crippen LogP contribution in [-0.4, -0.2) is 34.6 Å². The molecule has 0 saturated carbocycles. The van der Waals surface area contributed by atoms with Gasteiger partial charge in [0.2, 0.25) is 0 Å². The van der Waals surface area contributed by atoms with Crippen molar-refractivity contribution in [3.63, 3.8) is 0 Å². The summed E-state index contributed by atoms with van der Waals surface area (Å²) in [5.74, 6) is 0.547. The third kappa shape index (κ3) is 3.74. The van der Waals surface area contributed by atoms with E-state index in [0.717, 1.165) is 36.9 Å². The van der Waals surface area contributed by atoms with Gasteiger partial charge in [0.15, 0.2) is 5.84 Å². The zero-order valence-corrected chi connectivity index (χ0v) is 16.4. The topological polar surface area (TPSA) is 63.4 Å². The van der Waals surface area contributed by atoms with Gasteiger partial charge in [-0.1, -0.05) is 0 Å². The van der Waals surface area contributed by atoms with Crippen molar-refractivity contribution in [2.45, 2.75) is 0 Å². The van der Waals surface area contributed by atoms with E-state index < -0.39 is 0 Å². The highest BCUT2D eigenvalue weighted by atomic mass is 32.1.